The number of pyridine rings is 2. The lowest BCUT2D eigenvalue weighted by atomic mass is 10.0. The molecule has 0 unspecified atom stereocenters. The molecule has 7 nitrogen and oxygen atoms in total. The molecule has 0 aliphatic carbocycles. The zero-order valence-electron chi connectivity index (χ0n) is 21.1. The highest BCUT2D eigenvalue weighted by atomic mass is 19.4. The number of halogens is 6. The van der Waals surface area contributed by atoms with Crippen molar-refractivity contribution in [2.45, 2.75) is 26.2 Å². The zero-order chi connectivity index (χ0) is 30.3. The summed E-state index contributed by atoms with van der Waals surface area (Å²) in [5, 5.41) is 9.47. The van der Waals surface area contributed by atoms with Crippen LogP contribution in [-0.2, 0) is 12.4 Å². The van der Waals surface area contributed by atoms with Crippen LogP contribution in [0.25, 0.3) is 22.3 Å². The van der Waals surface area contributed by atoms with Crippen molar-refractivity contribution in [2.75, 3.05) is 0 Å². The molecule has 2 aromatic carbocycles. The SMILES string of the molecule is Cc1cc(-c2cccc(C(F)(F)F)c2)c(OC(=O)c2[nH]c(=O)c(-c3cccc(C(F)(F)F)c3)cc2C)nc1C(=O)O. The number of H-pyrrole nitrogens is 1. The van der Waals surface area contributed by atoms with E-state index in [-0.39, 0.29) is 33.4 Å². The number of aromatic amines is 1. The van der Waals surface area contributed by atoms with Crippen LogP contribution >= 0.6 is 0 Å². The Morgan fingerprint density at radius 2 is 1.32 bits per heavy atom. The van der Waals surface area contributed by atoms with Gasteiger partial charge in [0.2, 0.25) is 5.88 Å². The summed E-state index contributed by atoms with van der Waals surface area (Å²) in [7, 11) is 0. The Labute approximate surface area is 227 Å². The zero-order valence-corrected chi connectivity index (χ0v) is 21.1. The Kier molecular flexibility index (Phi) is 7.48. The minimum Gasteiger partial charge on any atom is -0.477 e. The molecule has 0 amide bonds. The fraction of sp³-hybridized carbons (Fsp3) is 0.143. The monoisotopic (exact) mass is 576 g/mol. The minimum atomic E-state index is -4.70. The number of aromatic carboxylic acids is 1. The number of carboxylic acids is 1. The molecule has 0 spiro atoms. The lowest BCUT2D eigenvalue weighted by molar-refractivity contribution is -0.138. The number of carbonyl (C=O) groups is 2. The van der Waals surface area contributed by atoms with Gasteiger partial charge in [0.05, 0.1) is 11.1 Å². The quantitative estimate of drug-likeness (QED) is 0.203. The number of rotatable bonds is 5. The van der Waals surface area contributed by atoms with Gasteiger partial charge in [-0.2, -0.15) is 26.3 Å². The number of carbonyl (C=O) groups excluding carboxylic acids is 1. The Bertz CT molecular complexity index is 1740. The summed E-state index contributed by atoms with van der Waals surface area (Å²) < 4.78 is 84.6. The number of nitrogens with one attached hydrogen (secondary N) is 1. The molecule has 0 fully saturated rings. The molecule has 2 heterocycles. The van der Waals surface area contributed by atoms with E-state index in [2.05, 4.69) is 9.97 Å². The number of ether oxygens (including phenoxy) is 1. The van der Waals surface area contributed by atoms with Crippen LogP contribution in [0.1, 0.15) is 43.2 Å². The highest BCUT2D eigenvalue weighted by Crippen LogP contribution is 2.36. The van der Waals surface area contributed by atoms with Crippen molar-refractivity contribution >= 4 is 11.9 Å². The summed E-state index contributed by atoms with van der Waals surface area (Å²) in [5.74, 6) is -3.37. The molecule has 0 aliphatic rings. The number of nitrogens with zero attached hydrogens (tertiary/aromatic N) is 1. The molecular formula is C28H18F6N2O5. The predicted molar refractivity (Wildman–Crippen MR) is 134 cm³/mol. The highest BCUT2D eigenvalue weighted by molar-refractivity contribution is 5.93. The molecule has 41 heavy (non-hydrogen) atoms. The van der Waals surface area contributed by atoms with Gasteiger partial charge in [0.1, 0.15) is 5.69 Å². The van der Waals surface area contributed by atoms with E-state index in [1.54, 1.807) is 0 Å². The van der Waals surface area contributed by atoms with Crippen LogP contribution in [-0.4, -0.2) is 27.0 Å². The summed E-state index contributed by atoms with van der Waals surface area (Å²) in [6.45, 7) is 2.72. The van der Waals surface area contributed by atoms with E-state index in [0.717, 1.165) is 36.4 Å². The molecule has 0 atom stereocenters. The van der Waals surface area contributed by atoms with Crippen LogP contribution in [0, 0.1) is 13.8 Å². The molecule has 0 saturated heterocycles. The summed E-state index contributed by atoms with van der Waals surface area (Å²) >= 11 is 0. The minimum absolute atomic E-state index is 0.0674. The molecule has 13 heteroatoms. The number of alkyl halides is 6. The fourth-order valence-corrected chi connectivity index (χ4v) is 4.02. The number of carboxylic acid groups (broad SMARTS) is 1. The van der Waals surface area contributed by atoms with Gasteiger partial charge in [0, 0.05) is 11.1 Å². The van der Waals surface area contributed by atoms with Crippen molar-refractivity contribution in [1.82, 2.24) is 9.97 Å². The Hall–Kier alpha value is -4.94. The third-order valence-corrected chi connectivity index (χ3v) is 6.01. The molecule has 0 saturated carbocycles. The first-order valence-corrected chi connectivity index (χ1v) is 11.6. The largest absolute Gasteiger partial charge is 0.477 e. The standard InChI is InChI=1S/C28H18F6N2O5/c1-13-10-20(16-6-4-8-18(12-16)28(32,33)34)24(36-21(13)25(38)39)41-26(40)22-14(2)9-19(23(37)35-22)15-5-3-7-17(11-15)27(29,30)31/h3-12H,1-2H3,(H,35,37)(H,38,39). The van der Waals surface area contributed by atoms with Crippen LogP contribution < -0.4 is 10.3 Å². The molecule has 0 aliphatic heterocycles. The van der Waals surface area contributed by atoms with E-state index in [9.17, 15) is 45.8 Å². The molecule has 4 aromatic rings. The molecule has 0 radical (unpaired) electrons. The summed E-state index contributed by atoms with van der Waals surface area (Å²) in [4.78, 5) is 43.6. The van der Waals surface area contributed by atoms with Gasteiger partial charge in [-0.1, -0.05) is 24.3 Å². The van der Waals surface area contributed by atoms with Gasteiger partial charge >= 0.3 is 24.3 Å². The van der Waals surface area contributed by atoms with Crippen molar-refractivity contribution in [2.24, 2.45) is 0 Å². The highest BCUT2D eigenvalue weighted by Gasteiger charge is 2.32. The summed E-state index contributed by atoms with van der Waals surface area (Å²) in [5.41, 5.74) is -4.20. The Balaban J connectivity index is 1.77. The number of aromatic nitrogens is 2. The van der Waals surface area contributed by atoms with E-state index in [4.69, 9.17) is 4.74 Å². The first-order chi connectivity index (χ1) is 19.1. The number of hydrogen-bond acceptors (Lipinski definition) is 5. The van der Waals surface area contributed by atoms with Gasteiger partial charge < -0.3 is 14.8 Å². The number of aryl methyl sites for hydroxylation is 2. The maximum atomic E-state index is 13.3. The summed E-state index contributed by atoms with van der Waals surface area (Å²) in [6, 6.07) is 10.3. The molecular weight excluding hydrogens is 558 g/mol. The second-order valence-corrected chi connectivity index (χ2v) is 8.93. The van der Waals surface area contributed by atoms with Gasteiger partial charge in [-0.05, 0) is 72.5 Å². The van der Waals surface area contributed by atoms with Crippen LogP contribution in [0.2, 0.25) is 0 Å². The van der Waals surface area contributed by atoms with Gasteiger partial charge in [0.25, 0.3) is 5.56 Å². The van der Waals surface area contributed by atoms with E-state index in [0.29, 0.717) is 0 Å². The number of benzene rings is 2. The van der Waals surface area contributed by atoms with E-state index in [1.807, 2.05) is 0 Å². The van der Waals surface area contributed by atoms with Crippen LogP contribution in [0.3, 0.4) is 0 Å². The van der Waals surface area contributed by atoms with E-state index < -0.39 is 58.2 Å². The van der Waals surface area contributed by atoms with Crippen LogP contribution in [0.5, 0.6) is 5.88 Å². The first-order valence-electron chi connectivity index (χ1n) is 11.6. The molecule has 4 rings (SSSR count). The van der Waals surface area contributed by atoms with Crippen molar-refractivity contribution in [3.63, 3.8) is 0 Å². The van der Waals surface area contributed by atoms with Gasteiger partial charge in [-0.15, -0.1) is 0 Å². The number of hydrogen-bond donors (Lipinski definition) is 2. The average molecular weight is 576 g/mol. The lowest BCUT2D eigenvalue weighted by Gasteiger charge is -2.15. The number of esters is 1. The average Bonchev–Trinajstić information content (AvgIpc) is 2.89. The van der Waals surface area contributed by atoms with Crippen molar-refractivity contribution in [3.05, 3.63) is 105 Å². The third kappa shape index (κ3) is 6.13. The molecule has 0 bridgehead atoms. The lowest BCUT2D eigenvalue weighted by Crippen LogP contribution is -2.21. The van der Waals surface area contributed by atoms with Crippen LogP contribution in [0.15, 0.2) is 65.5 Å². The Morgan fingerprint density at radius 3 is 1.83 bits per heavy atom. The summed E-state index contributed by atoms with van der Waals surface area (Å²) in [6.07, 6.45) is -9.36. The van der Waals surface area contributed by atoms with Crippen LogP contribution in [0.4, 0.5) is 26.3 Å². The first kappa shape index (κ1) is 29.1. The fourth-order valence-electron chi connectivity index (χ4n) is 4.02. The molecule has 212 valence electrons. The predicted octanol–water partition coefficient (Wildman–Crippen LogP) is 6.68. The normalized spacial score (nSPS) is 11.8. The Morgan fingerprint density at radius 1 is 0.805 bits per heavy atom. The molecule has 2 N–H and O–H groups in total. The van der Waals surface area contributed by atoms with E-state index in [1.165, 1.54) is 38.1 Å². The smallest absolute Gasteiger partial charge is 0.416 e. The van der Waals surface area contributed by atoms with Gasteiger partial charge in [-0.25, -0.2) is 14.6 Å². The topological polar surface area (TPSA) is 109 Å². The van der Waals surface area contributed by atoms with Crippen molar-refractivity contribution in [3.8, 4) is 28.1 Å². The van der Waals surface area contributed by atoms with Gasteiger partial charge in [0.15, 0.2) is 5.69 Å². The second kappa shape index (κ2) is 10.6. The molecule has 2 aromatic heterocycles. The maximum Gasteiger partial charge on any atom is 0.416 e. The van der Waals surface area contributed by atoms with Crippen molar-refractivity contribution < 1.29 is 45.8 Å². The van der Waals surface area contributed by atoms with Crippen molar-refractivity contribution in [1.29, 1.82) is 0 Å². The van der Waals surface area contributed by atoms with Gasteiger partial charge in [-0.3, -0.25) is 4.79 Å². The second-order valence-electron chi connectivity index (χ2n) is 8.93. The third-order valence-electron chi connectivity index (χ3n) is 6.01. The van der Waals surface area contributed by atoms with E-state index >= 15 is 0 Å². The maximum absolute atomic E-state index is 13.3.